The molecule has 0 saturated heterocycles. The van der Waals surface area contributed by atoms with E-state index in [0.29, 0.717) is 6.61 Å². The number of anilines is 2. The van der Waals surface area contributed by atoms with E-state index in [4.69, 9.17) is 10.5 Å². The summed E-state index contributed by atoms with van der Waals surface area (Å²) in [6.45, 7) is 4.46. The van der Waals surface area contributed by atoms with Crippen molar-refractivity contribution in [2.45, 2.75) is 32.7 Å². The molecule has 2 N–H and O–H groups in total. The van der Waals surface area contributed by atoms with Crippen molar-refractivity contribution in [3.63, 3.8) is 0 Å². The number of benzene rings is 1. The third-order valence-corrected chi connectivity index (χ3v) is 2.95. The Kier molecular flexibility index (Phi) is 3.22. The van der Waals surface area contributed by atoms with Crippen LogP contribution in [0.2, 0.25) is 0 Å². The van der Waals surface area contributed by atoms with Gasteiger partial charge in [0.2, 0.25) is 0 Å². The Morgan fingerprint density at radius 3 is 3.06 bits per heavy atom. The summed E-state index contributed by atoms with van der Waals surface area (Å²) in [7, 11) is 0. The van der Waals surface area contributed by atoms with Gasteiger partial charge in [-0.05, 0) is 43.5 Å². The summed E-state index contributed by atoms with van der Waals surface area (Å²) < 4.78 is 5.19. The first kappa shape index (κ1) is 11.8. The van der Waals surface area contributed by atoms with Gasteiger partial charge < -0.3 is 10.5 Å². The highest BCUT2D eigenvalue weighted by Gasteiger charge is 2.31. The molecule has 0 radical (unpaired) electrons. The smallest absolute Gasteiger partial charge is 0.414 e. The monoisotopic (exact) mass is 234 g/mol. The molecular weight excluding hydrogens is 216 g/mol. The lowest BCUT2D eigenvalue weighted by Crippen LogP contribution is -2.36. The molecule has 4 nitrogen and oxygen atoms in total. The molecule has 4 heteroatoms. The van der Waals surface area contributed by atoms with Crippen LogP contribution in [0.25, 0.3) is 0 Å². The minimum atomic E-state index is -0.261. The second-order valence-corrected chi connectivity index (χ2v) is 4.43. The minimum Gasteiger partial charge on any atom is -0.449 e. The summed E-state index contributed by atoms with van der Waals surface area (Å²) >= 11 is 0. The lowest BCUT2D eigenvalue weighted by Gasteiger charge is -2.21. The topological polar surface area (TPSA) is 55.6 Å². The fraction of sp³-hybridized carbons (Fsp3) is 0.462. The van der Waals surface area contributed by atoms with Crippen LogP contribution in [0.1, 0.15) is 25.8 Å². The molecule has 0 aromatic heterocycles. The highest BCUT2D eigenvalue weighted by molar-refractivity contribution is 5.91. The Balaban J connectivity index is 2.22. The molecule has 1 aliphatic rings. The van der Waals surface area contributed by atoms with E-state index in [1.807, 2.05) is 32.0 Å². The van der Waals surface area contributed by atoms with E-state index in [1.54, 1.807) is 4.90 Å². The van der Waals surface area contributed by atoms with Crippen LogP contribution < -0.4 is 10.6 Å². The van der Waals surface area contributed by atoms with E-state index < -0.39 is 0 Å². The molecular formula is C13H18N2O2. The van der Waals surface area contributed by atoms with Gasteiger partial charge >= 0.3 is 6.09 Å². The molecule has 0 bridgehead atoms. The average molecular weight is 234 g/mol. The van der Waals surface area contributed by atoms with Crippen molar-refractivity contribution in [2.24, 2.45) is 0 Å². The predicted octanol–water partition coefficient (Wildman–Crippen LogP) is 2.57. The zero-order valence-corrected chi connectivity index (χ0v) is 10.3. The van der Waals surface area contributed by atoms with Gasteiger partial charge in [-0.2, -0.15) is 0 Å². The van der Waals surface area contributed by atoms with E-state index >= 15 is 0 Å². The Morgan fingerprint density at radius 2 is 2.35 bits per heavy atom. The van der Waals surface area contributed by atoms with Crippen LogP contribution in [-0.2, 0) is 11.2 Å². The average Bonchev–Trinajstić information content (AvgIpc) is 2.61. The predicted molar refractivity (Wildman–Crippen MR) is 68.1 cm³/mol. The zero-order valence-electron chi connectivity index (χ0n) is 10.3. The normalized spacial score (nSPS) is 18.0. The van der Waals surface area contributed by atoms with Gasteiger partial charge in [-0.25, -0.2) is 4.79 Å². The molecule has 1 aliphatic heterocycles. The quantitative estimate of drug-likeness (QED) is 0.800. The zero-order chi connectivity index (χ0) is 12.4. The van der Waals surface area contributed by atoms with Crippen molar-refractivity contribution < 1.29 is 9.53 Å². The first-order chi connectivity index (χ1) is 8.13. The minimum absolute atomic E-state index is 0.135. The molecule has 1 unspecified atom stereocenters. The number of hydrogen-bond acceptors (Lipinski definition) is 3. The van der Waals surface area contributed by atoms with E-state index in [1.165, 1.54) is 0 Å². The first-order valence-electron chi connectivity index (χ1n) is 5.98. The van der Waals surface area contributed by atoms with Crippen LogP contribution in [-0.4, -0.2) is 18.7 Å². The number of carbonyl (C=O) groups is 1. The van der Waals surface area contributed by atoms with Crippen LogP contribution >= 0.6 is 0 Å². The second kappa shape index (κ2) is 4.65. The van der Waals surface area contributed by atoms with Gasteiger partial charge in [-0.1, -0.05) is 6.92 Å². The van der Waals surface area contributed by atoms with Crippen LogP contribution in [0.4, 0.5) is 16.2 Å². The van der Waals surface area contributed by atoms with Crippen molar-refractivity contribution >= 4 is 17.5 Å². The Labute approximate surface area is 101 Å². The van der Waals surface area contributed by atoms with Gasteiger partial charge in [-0.15, -0.1) is 0 Å². The molecule has 2 rings (SSSR count). The number of nitrogens with zero attached hydrogens (tertiary/aromatic N) is 1. The molecule has 0 saturated carbocycles. The molecule has 92 valence electrons. The highest BCUT2D eigenvalue weighted by atomic mass is 16.6. The highest BCUT2D eigenvalue weighted by Crippen LogP contribution is 2.33. The number of ether oxygens (including phenoxy) is 1. The van der Waals surface area contributed by atoms with Crippen LogP contribution in [0, 0.1) is 0 Å². The molecule has 1 atom stereocenters. The summed E-state index contributed by atoms with van der Waals surface area (Å²) in [5.41, 5.74) is 8.52. The summed E-state index contributed by atoms with van der Waals surface area (Å²) in [5.74, 6) is 0. The van der Waals surface area contributed by atoms with E-state index in [-0.39, 0.29) is 12.1 Å². The second-order valence-electron chi connectivity index (χ2n) is 4.43. The fourth-order valence-corrected chi connectivity index (χ4v) is 2.19. The number of amides is 1. The lowest BCUT2D eigenvalue weighted by atomic mass is 10.1. The molecule has 0 fully saturated rings. The largest absolute Gasteiger partial charge is 0.449 e. The lowest BCUT2D eigenvalue weighted by molar-refractivity contribution is 0.152. The maximum Gasteiger partial charge on any atom is 0.414 e. The van der Waals surface area contributed by atoms with Crippen LogP contribution in [0.15, 0.2) is 18.2 Å². The van der Waals surface area contributed by atoms with Gasteiger partial charge in [0.15, 0.2) is 0 Å². The number of carbonyl (C=O) groups excluding carboxylic acids is 1. The molecule has 1 aromatic rings. The summed E-state index contributed by atoms with van der Waals surface area (Å²) in [4.78, 5) is 13.6. The van der Waals surface area contributed by atoms with Gasteiger partial charge in [0.25, 0.3) is 0 Å². The van der Waals surface area contributed by atoms with Gasteiger partial charge in [0.1, 0.15) is 0 Å². The fourth-order valence-electron chi connectivity index (χ4n) is 2.19. The van der Waals surface area contributed by atoms with E-state index in [2.05, 4.69) is 0 Å². The SMILES string of the molecule is CCCOC(=O)N1c2ccc(N)cc2CC1C. The number of nitrogens with two attached hydrogens (primary N) is 1. The van der Waals surface area contributed by atoms with Crippen LogP contribution in [0.3, 0.4) is 0 Å². The molecule has 17 heavy (non-hydrogen) atoms. The molecule has 1 aromatic carbocycles. The molecule has 0 spiro atoms. The van der Waals surface area contributed by atoms with Gasteiger partial charge in [0.05, 0.1) is 12.3 Å². The van der Waals surface area contributed by atoms with E-state index in [0.717, 1.165) is 29.8 Å². The molecule has 1 heterocycles. The number of hydrogen-bond donors (Lipinski definition) is 1. The molecule has 0 aliphatic carbocycles. The number of fused-ring (bicyclic) bond motifs is 1. The summed E-state index contributed by atoms with van der Waals surface area (Å²) in [6, 6.07) is 5.77. The maximum absolute atomic E-state index is 11.9. The Bertz CT molecular complexity index is 431. The summed E-state index contributed by atoms with van der Waals surface area (Å²) in [5, 5.41) is 0. The van der Waals surface area contributed by atoms with Crippen molar-refractivity contribution in [1.29, 1.82) is 0 Å². The number of nitrogen functional groups attached to an aromatic ring is 1. The van der Waals surface area contributed by atoms with Crippen molar-refractivity contribution in [3.05, 3.63) is 23.8 Å². The van der Waals surface area contributed by atoms with Gasteiger partial charge in [-0.3, -0.25) is 4.90 Å². The summed E-state index contributed by atoms with van der Waals surface area (Å²) in [6.07, 6.45) is 1.41. The Morgan fingerprint density at radius 1 is 1.59 bits per heavy atom. The van der Waals surface area contributed by atoms with Crippen LogP contribution in [0.5, 0.6) is 0 Å². The standard InChI is InChI=1S/C13H18N2O2/c1-3-6-17-13(16)15-9(2)7-10-8-11(14)4-5-12(10)15/h4-5,8-9H,3,6-7,14H2,1-2H3. The Hall–Kier alpha value is -1.71. The van der Waals surface area contributed by atoms with Crippen molar-refractivity contribution in [3.8, 4) is 0 Å². The van der Waals surface area contributed by atoms with Crippen molar-refractivity contribution in [2.75, 3.05) is 17.2 Å². The third kappa shape index (κ3) is 2.20. The van der Waals surface area contributed by atoms with Gasteiger partial charge in [0, 0.05) is 11.7 Å². The maximum atomic E-state index is 11.9. The number of rotatable bonds is 2. The first-order valence-corrected chi connectivity index (χ1v) is 5.98. The van der Waals surface area contributed by atoms with Crippen molar-refractivity contribution in [1.82, 2.24) is 0 Å². The van der Waals surface area contributed by atoms with E-state index in [9.17, 15) is 4.79 Å². The third-order valence-electron chi connectivity index (χ3n) is 2.95. The molecule has 1 amide bonds.